The second-order valence-corrected chi connectivity index (χ2v) is 14.9. The molecule has 0 aliphatic heterocycles. The summed E-state index contributed by atoms with van der Waals surface area (Å²) in [5.41, 5.74) is 13.4. The fourth-order valence-corrected chi connectivity index (χ4v) is 6.68. The first-order valence-corrected chi connectivity index (χ1v) is 17.3. The van der Waals surface area contributed by atoms with Crippen LogP contribution in [0.25, 0.3) is 61.3 Å². The van der Waals surface area contributed by atoms with Crippen LogP contribution in [0.2, 0.25) is 0 Å². The minimum absolute atomic E-state index is 0. The van der Waals surface area contributed by atoms with Crippen LogP contribution >= 0.6 is 0 Å². The molecule has 2 aromatic heterocycles. The zero-order valence-corrected chi connectivity index (χ0v) is 32.3. The molecule has 0 atom stereocenters. The van der Waals surface area contributed by atoms with Crippen molar-refractivity contribution in [3.63, 3.8) is 0 Å². The van der Waals surface area contributed by atoms with Crippen LogP contribution in [0.1, 0.15) is 82.6 Å². The van der Waals surface area contributed by atoms with E-state index >= 15 is 0 Å². The number of fused-ring (bicyclic) bond motifs is 2. The van der Waals surface area contributed by atoms with Crippen molar-refractivity contribution in [2.24, 2.45) is 0 Å². The molecule has 0 amide bonds. The van der Waals surface area contributed by atoms with E-state index in [0.29, 0.717) is 23.2 Å². The number of phenolic OH excluding ortho intramolecular Hbond substituents is 1. The Morgan fingerprint density at radius 3 is 2.06 bits per heavy atom. The topological polar surface area (TPSA) is 50.9 Å². The zero-order chi connectivity index (χ0) is 34.6. The Bertz CT molecular complexity index is 2350. The maximum Gasteiger partial charge on any atom is 0.148 e. The molecule has 1 N–H and O–H groups in total. The number of hydrogen-bond acceptors (Lipinski definition) is 3. The van der Waals surface area contributed by atoms with Crippen molar-refractivity contribution >= 4 is 21.9 Å². The summed E-state index contributed by atoms with van der Waals surface area (Å²) in [5, 5.41) is 12.5. The summed E-state index contributed by atoms with van der Waals surface area (Å²) in [7, 11) is 0. The Morgan fingerprint density at radius 1 is 0.700 bits per heavy atom. The van der Waals surface area contributed by atoms with E-state index in [2.05, 4.69) is 133 Å². The number of phenols is 1. The number of imidazole rings is 1. The average Bonchev–Trinajstić information content (AvgIpc) is 3.47. The normalized spacial score (nSPS) is 11.9. The molecular formula is C45H44N3OPt-. The first kappa shape index (κ1) is 35.3. The largest absolute Gasteiger partial charge is 0.507 e. The van der Waals surface area contributed by atoms with Gasteiger partial charge in [0.15, 0.2) is 0 Å². The first-order chi connectivity index (χ1) is 23.4. The van der Waals surface area contributed by atoms with Gasteiger partial charge in [-0.25, -0.2) is 4.98 Å². The number of para-hydroxylation sites is 2. The van der Waals surface area contributed by atoms with E-state index in [1.807, 2.05) is 30.5 Å². The van der Waals surface area contributed by atoms with Gasteiger partial charge in [-0.2, -0.15) is 0 Å². The van der Waals surface area contributed by atoms with E-state index in [9.17, 15) is 5.11 Å². The summed E-state index contributed by atoms with van der Waals surface area (Å²) < 4.78 is 2.17. The SMILES string of the molecule is Cc1ccnc2c(-c3[c-]c(-c4cccc5c4nc(-c4cc(C(C)(C)C)ccc4O)n5-c4ccccc4)cc(C(C)C)c3)cc(C(C)C)cc12.[Pt]. The zero-order valence-electron chi connectivity index (χ0n) is 30.1. The van der Waals surface area contributed by atoms with Gasteiger partial charge in [0.2, 0.25) is 0 Å². The monoisotopic (exact) mass is 837 g/mol. The maximum absolute atomic E-state index is 11.3. The van der Waals surface area contributed by atoms with Gasteiger partial charge < -0.3 is 5.11 Å². The molecule has 0 spiro atoms. The Kier molecular flexibility index (Phi) is 9.63. The molecule has 50 heavy (non-hydrogen) atoms. The molecule has 0 saturated heterocycles. The van der Waals surface area contributed by atoms with Gasteiger partial charge in [-0.05, 0) is 77.1 Å². The summed E-state index contributed by atoms with van der Waals surface area (Å²) in [6, 6.07) is 37.6. The number of benzene rings is 5. The van der Waals surface area contributed by atoms with Gasteiger partial charge in [-0.1, -0.05) is 114 Å². The minimum atomic E-state index is -0.0930. The van der Waals surface area contributed by atoms with E-state index < -0.39 is 0 Å². The predicted octanol–water partition coefficient (Wildman–Crippen LogP) is 11.9. The molecule has 2 heterocycles. The third-order valence-corrected chi connectivity index (χ3v) is 9.69. The molecule has 0 unspecified atom stereocenters. The fourth-order valence-electron chi connectivity index (χ4n) is 6.68. The van der Waals surface area contributed by atoms with Gasteiger partial charge in [0.1, 0.15) is 11.6 Å². The third kappa shape index (κ3) is 6.42. The quantitative estimate of drug-likeness (QED) is 0.170. The summed E-state index contributed by atoms with van der Waals surface area (Å²) in [6.07, 6.45) is 1.91. The van der Waals surface area contributed by atoms with Crippen LogP contribution in [0.5, 0.6) is 5.75 Å². The molecule has 0 aliphatic carbocycles. The van der Waals surface area contributed by atoms with Crippen molar-refractivity contribution in [1.82, 2.24) is 14.5 Å². The molecule has 5 heteroatoms. The van der Waals surface area contributed by atoms with Crippen molar-refractivity contribution in [3.8, 4) is 45.1 Å². The first-order valence-electron chi connectivity index (χ1n) is 17.3. The molecule has 0 fully saturated rings. The van der Waals surface area contributed by atoms with Gasteiger partial charge in [0, 0.05) is 38.5 Å². The van der Waals surface area contributed by atoms with Crippen LogP contribution in [0.15, 0.2) is 103 Å². The summed E-state index contributed by atoms with van der Waals surface area (Å²) >= 11 is 0. The molecule has 0 bridgehead atoms. The number of pyridine rings is 1. The van der Waals surface area contributed by atoms with Gasteiger partial charge in [0.25, 0.3) is 0 Å². The Labute approximate surface area is 310 Å². The smallest absolute Gasteiger partial charge is 0.148 e. The number of aryl methyl sites for hydroxylation is 1. The van der Waals surface area contributed by atoms with Crippen LogP contribution in [-0.4, -0.2) is 19.6 Å². The van der Waals surface area contributed by atoms with Crippen LogP contribution in [0, 0.1) is 13.0 Å². The molecule has 5 aromatic carbocycles. The van der Waals surface area contributed by atoms with E-state index in [1.54, 1.807) is 6.07 Å². The average molecular weight is 838 g/mol. The van der Waals surface area contributed by atoms with Crippen molar-refractivity contribution in [1.29, 1.82) is 0 Å². The summed E-state index contributed by atoms with van der Waals surface area (Å²) in [5.74, 6) is 1.58. The molecule has 0 saturated carbocycles. The van der Waals surface area contributed by atoms with Crippen molar-refractivity contribution in [2.45, 2.75) is 72.6 Å². The second-order valence-electron chi connectivity index (χ2n) is 14.9. The Morgan fingerprint density at radius 2 is 1.38 bits per heavy atom. The van der Waals surface area contributed by atoms with Gasteiger partial charge in [0.05, 0.1) is 16.6 Å². The second kappa shape index (κ2) is 13.6. The molecule has 7 aromatic rings. The molecule has 256 valence electrons. The molecule has 0 aliphatic rings. The number of aromatic hydroxyl groups is 1. The van der Waals surface area contributed by atoms with Crippen molar-refractivity contribution in [3.05, 3.63) is 132 Å². The molecule has 7 rings (SSSR count). The van der Waals surface area contributed by atoms with E-state index in [0.717, 1.165) is 50.1 Å². The van der Waals surface area contributed by atoms with Crippen LogP contribution in [0.3, 0.4) is 0 Å². The van der Waals surface area contributed by atoms with Crippen LogP contribution in [0.4, 0.5) is 0 Å². The molecular weight excluding hydrogens is 794 g/mol. The molecule has 0 radical (unpaired) electrons. The summed E-state index contributed by atoms with van der Waals surface area (Å²) in [4.78, 5) is 10.3. The summed E-state index contributed by atoms with van der Waals surface area (Å²) in [6.45, 7) is 17.7. The predicted molar refractivity (Wildman–Crippen MR) is 205 cm³/mol. The van der Waals surface area contributed by atoms with E-state index in [4.69, 9.17) is 9.97 Å². The van der Waals surface area contributed by atoms with Gasteiger partial charge in [-0.3, -0.25) is 9.55 Å². The molecule has 4 nitrogen and oxygen atoms in total. The van der Waals surface area contributed by atoms with E-state index in [-0.39, 0.29) is 32.2 Å². The van der Waals surface area contributed by atoms with Crippen molar-refractivity contribution in [2.75, 3.05) is 0 Å². The Hall–Kier alpha value is -4.53. The van der Waals surface area contributed by atoms with Crippen LogP contribution in [-0.2, 0) is 26.5 Å². The number of aromatic nitrogens is 3. The number of nitrogens with zero attached hydrogens (tertiary/aromatic N) is 3. The minimum Gasteiger partial charge on any atom is -0.507 e. The van der Waals surface area contributed by atoms with Gasteiger partial charge >= 0.3 is 0 Å². The number of rotatable bonds is 6. The maximum atomic E-state index is 11.3. The van der Waals surface area contributed by atoms with E-state index in [1.165, 1.54) is 22.1 Å². The standard InChI is InChI=1S/C45H44N3O.Pt/c1-27(2)30-21-32(23-33(22-30)38-25-31(28(3)4)24-37-29(5)19-20-46-42(37)38)36-15-12-16-40-43(36)47-44(48(40)35-13-10-9-11-14-35)39-26-34(45(6,7)8)17-18-41(39)49;/h9-22,24-28,49H,1-8H3;/q-1;. The fraction of sp³-hybridized carbons (Fsp3) is 0.244. The Balaban J connectivity index is 0.00000432. The van der Waals surface area contributed by atoms with Crippen LogP contribution < -0.4 is 0 Å². The number of hydrogen-bond donors (Lipinski definition) is 1. The van der Waals surface area contributed by atoms with Crippen molar-refractivity contribution < 1.29 is 26.2 Å². The van der Waals surface area contributed by atoms with Gasteiger partial charge in [-0.15, -0.1) is 34.9 Å². The third-order valence-electron chi connectivity index (χ3n) is 9.69.